The topological polar surface area (TPSA) is 48.3 Å². The highest BCUT2D eigenvalue weighted by Crippen LogP contribution is 2.24. The smallest absolute Gasteiger partial charge is 0.121 e. The molecule has 5 rings (SSSR count). The summed E-state index contributed by atoms with van der Waals surface area (Å²) in [5.74, 6) is 2.88. The van der Waals surface area contributed by atoms with Crippen LogP contribution in [0.4, 0.5) is 0 Å². The van der Waals surface area contributed by atoms with Crippen molar-refractivity contribution in [3.05, 3.63) is 126 Å². The van der Waals surface area contributed by atoms with E-state index in [2.05, 4.69) is 95.7 Å². The molecule has 1 aromatic heterocycles. The summed E-state index contributed by atoms with van der Waals surface area (Å²) in [6, 6.07) is 35.6. The van der Waals surface area contributed by atoms with Crippen LogP contribution in [0.3, 0.4) is 0 Å². The molecule has 0 spiro atoms. The van der Waals surface area contributed by atoms with Crippen molar-refractivity contribution in [2.24, 2.45) is 0 Å². The number of likely N-dealkylation sites (N-methyl/N-ethyl adjacent to an activating group) is 1. The van der Waals surface area contributed by atoms with Crippen molar-refractivity contribution in [2.45, 2.75) is 53.2 Å². The Bertz CT molecular complexity index is 1430. The monoisotopic (exact) mass is 549 g/mol. The molecule has 0 atom stereocenters. The van der Waals surface area contributed by atoms with Gasteiger partial charge in [-0.05, 0) is 60.3 Å². The molecule has 41 heavy (non-hydrogen) atoms. The van der Waals surface area contributed by atoms with Crippen LogP contribution in [0.25, 0.3) is 11.0 Å². The number of hydrogen-bond acceptors (Lipinski definition) is 4. The minimum absolute atomic E-state index is 0.576. The molecule has 0 aliphatic heterocycles. The molecule has 0 aliphatic rings. The highest BCUT2D eigenvalue weighted by atomic mass is 16.5. The maximum atomic E-state index is 6.02. The summed E-state index contributed by atoms with van der Waals surface area (Å²) in [6.07, 6.45) is 2.74. The summed E-state index contributed by atoms with van der Waals surface area (Å²) in [7, 11) is 0. The fourth-order valence-electron chi connectivity index (χ4n) is 4.74. The fourth-order valence-corrected chi connectivity index (χ4v) is 4.74. The van der Waals surface area contributed by atoms with Crippen molar-refractivity contribution in [1.29, 1.82) is 0 Å². The predicted octanol–water partition coefficient (Wildman–Crippen LogP) is 7.66. The first-order valence-corrected chi connectivity index (χ1v) is 14.9. The average Bonchev–Trinajstić information content (AvgIpc) is 3.39. The third-order valence-electron chi connectivity index (χ3n) is 6.87. The van der Waals surface area contributed by atoms with Gasteiger partial charge in [-0.2, -0.15) is 0 Å². The highest BCUT2D eigenvalue weighted by Gasteiger charge is 2.13. The Balaban J connectivity index is 0.00000189. The molecule has 5 nitrogen and oxygen atoms in total. The van der Waals surface area contributed by atoms with Crippen molar-refractivity contribution in [2.75, 3.05) is 19.7 Å². The standard InChI is InChI=1S/C34H37N3O2.C2H6/c1-2-35-22-24-38-31-18-19-32-33(25-31)37(23-21-27-9-5-3-6-10-27)34(36-32)20-15-28-13-16-30(17-14-28)39-26-29-11-7-4-8-12-29;1-2/h3-14,16-19,25,35H,2,15,20-24,26H2,1H3;1-2H3. The average molecular weight is 550 g/mol. The van der Waals surface area contributed by atoms with E-state index in [0.29, 0.717) is 13.2 Å². The second-order valence-electron chi connectivity index (χ2n) is 9.69. The SMILES string of the molecule is CC.CCNCCOc1ccc2nc(CCc3ccc(OCc4ccccc4)cc3)n(CCc3ccccc3)c2c1. The molecule has 5 heteroatoms. The Kier molecular flexibility index (Phi) is 11.8. The third kappa shape index (κ3) is 8.95. The van der Waals surface area contributed by atoms with Crippen LogP contribution < -0.4 is 14.8 Å². The van der Waals surface area contributed by atoms with E-state index in [1.165, 1.54) is 16.7 Å². The zero-order valence-corrected chi connectivity index (χ0v) is 24.7. The lowest BCUT2D eigenvalue weighted by Crippen LogP contribution is -2.20. The van der Waals surface area contributed by atoms with Gasteiger partial charge in [0.15, 0.2) is 0 Å². The van der Waals surface area contributed by atoms with Gasteiger partial charge in [0.1, 0.15) is 30.5 Å². The van der Waals surface area contributed by atoms with E-state index in [-0.39, 0.29) is 0 Å². The third-order valence-corrected chi connectivity index (χ3v) is 6.87. The minimum Gasteiger partial charge on any atom is -0.492 e. The normalized spacial score (nSPS) is 10.7. The van der Waals surface area contributed by atoms with E-state index >= 15 is 0 Å². The molecule has 0 unspecified atom stereocenters. The first kappa shape index (κ1) is 29.9. The zero-order chi connectivity index (χ0) is 28.7. The number of nitrogens with one attached hydrogen (secondary N) is 1. The maximum absolute atomic E-state index is 6.02. The summed E-state index contributed by atoms with van der Waals surface area (Å²) in [5.41, 5.74) is 5.92. The van der Waals surface area contributed by atoms with Crippen LogP contribution in [0.15, 0.2) is 103 Å². The number of hydrogen-bond donors (Lipinski definition) is 1. The molecule has 214 valence electrons. The summed E-state index contributed by atoms with van der Waals surface area (Å²) in [6.45, 7) is 9.99. The molecule has 0 saturated heterocycles. The number of rotatable bonds is 14. The predicted molar refractivity (Wildman–Crippen MR) is 170 cm³/mol. The van der Waals surface area contributed by atoms with Crippen LogP contribution >= 0.6 is 0 Å². The van der Waals surface area contributed by atoms with Gasteiger partial charge in [-0.1, -0.05) is 93.6 Å². The molecule has 0 saturated carbocycles. The van der Waals surface area contributed by atoms with E-state index in [0.717, 1.165) is 67.3 Å². The fraction of sp³-hybridized carbons (Fsp3) is 0.306. The van der Waals surface area contributed by atoms with Crippen molar-refractivity contribution in [3.63, 3.8) is 0 Å². The number of aryl methyl sites for hydroxylation is 4. The van der Waals surface area contributed by atoms with Gasteiger partial charge in [0.2, 0.25) is 0 Å². The Morgan fingerprint density at radius 3 is 2.05 bits per heavy atom. The molecule has 0 fully saturated rings. The second-order valence-corrected chi connectivity index (χ2v) is 9.69. The Labute approximate surface area is 245 Å². The van der Waals surface area contributed by atoms with Gasteiger partial charge in [-0.3, -0.25) is 0 Å². The first-order valence-electron chi connectivity index (χ1n) is 14.9. The van der Waals surface area contributed by atoms with Crippen LogP contribution in [-0.4, -0.2) is 29.2 Å². The van der Waals surface area contributed by atoms with Gasteiger partial charge < -0.3 is 19.4 Å². The zero-order valence-electron chi connectivity index (χ0n) is 24.7. The molecule has 0 amide bonds. The summed E-state index contributed by atoms with van der Waals surface area (Å²) >= 11 is 0. The number of ether oxygens (including phenoxy) is 2. The first-order chi connectivity index (χ1) is 20.3. The minimum atomic E-state index is 0.576. The molecule has 1 N–H and O–H groups in total. The summed E-state index contributed by atoms with van der Waals surface area (Å²) < 4.78 is 14.4. The van der Waals surface area contributed by atoms with E-state index in [1.807, 2.05) is 38.1 Å². The van der Waals surface area contributed by atoms with Crippen molar-refractivity contribution in [1.82, 2.24) is 14.9 Å². The molecule has 0 aliphatic carbocycles. The Hall–Kier alpha value is -4.09. The van der Waals surface area contributed by atoms with E-state index in [4.69, 9.17) is 14.5 Å². The largest absolute Gasteiger partial charge is 0.492 e. The second kappa shape index (κ2) is 16.2. The van der Waals surface area contributed by atoms with Crippen LogP contribution in [0.2, 0.25) is 0 Å². The van der Waals surface area contributed by atoms with Crippen LogP contribution in [-0.2, 0) is 32.4 Å². The van der Waals surface area contributed by atoms with Gasteiger partial charge in [-0.25, -0.2) is 4.98 Å². The lowest BCUT2D eigenvalue weighted by molar-refractivity contribution is 0.306. The summed E-state index contributed by atoms with van der Waals surface area (Å²) in [5, 5.41) is 3.31. The number of benzene rings is 4. The quantitative estimate of drug-likeness (QED) is 0.145. The number of nitrogens with zero attached hydrogens (tertiary/aromatic N) is 2. The molecule has 5 aromatic rings. The van der Waals surface area contributed by atoms with Gasteiger partial charge >= 0.3 is 0 Å². The molecule has 4 aromatic carbocycles. The Morgan fingerprint density at radius 1 is 0.683 bits per heavy atom. The van der Waals surface area contributed by atoms with Gasteiger partial charge in [0, 0.05) is 25.6 Å². The van der Waals surface area contributed by atoms with Gasteiger partial charge in [-0.15, -0.1) is 0 Å². The number of aromatic nitrogens is 2. The van der Waals surface area contributed by atoms with E-state index in [1.54, 1.807) is 0 Å². The van der Waals surface area contributed by atoms with Gasteiger partial charge in [0.25, 0.3) is 0 Å². The maximum Gasteiger partial charge on any atom is 0.121 e. The van der Waals surface area contributed by atoms with Crippen molar-refractivity contribution < 1.29 is 9.47 Å². The lowest BCUT2D eigenvalue weighted by Gasteiger charge is -2.11. The van der Waals surface area contributed by atoms with Crippen LogP contribution in [0, 0.1) is 0 Å². The molecule has 0 radical (unpaired) electrons. The van der Waals surface area contributed by atoms with E-state index < -0.39 is 0 Å². The summed E-state index contributed by atoms with van der Waals surface area (Å²) in [4.78, 5) is 5.04. The molecular formula is C36H43N3O2. The Morgan fingerprint density at radius 2 is 1.34 bits per heavy atom. The lowest BCUT2D eigenvalue weighted by atomic mass is 10.1. The van der Waals surface area contributed by atoms with E-state index in [9.17, 15) is 0 Å². The van der Waals surface area contributed by atoms with Gasteiger partial charge in [0.05, 0.1) is 11.0 Å². The molecule has 0 bridgehead atoms. The molecular weight excluding hydrogens is 506 g/mol. The van der Waals surface area contributed by atoms with Crippen LogP contribution in [0.5, 0.6) is 11.5 Å². The molecule has 1 heterocycles. The number of fused-ring (bicyclic) bond motifs is 1. The van der Waals surface area contributed by atoms with Crippen LogP contribution in [0.1, 0.15) is 43.3 Å². The van der Waals surface area contributed by atoms with Crippen molar-refractivity contribution in [3.8, 4) is 11.5 Å². The highest BCUT2D eigenvalue weighted by molar-refractivity contribution is 5.78. The van der Waals surface area contributed by atoms with Crippen molar-refractivity contribution >= 4 is 11.0 Å². The number of imidazole rings is 1.